The Morgan fingerprint density at radius 1 is 1.30 bits per heavy atom. The Bertz CT molecular complexity index is 316. The molecule has 1 saturated carbocycles. The first-order valence-corrected chi connectivity index (χ1v) is 8.09. The van der Waals surface area contributed by atoms with Crippen LogP contribution in [0.2, 0.25) is 0 Å². The number of nitrogens with one attached hydrogen (secondary N) is 1. The van der Waals surface area contributed by atoms with Gasteiger partial charge in [-0.2, -0.15) is 0 Å². The van der Waals surface area contributed by atoms with Crippen LogP contribution >= 0.6 is 0 Å². The largest absolute Gasteiger partial charge is 0.468 e. The van der Waals surface area contributed by atoms with Crippen molar-refractivity contribution >= 4 is 5.97 Å². The molecule has 0 bridgehead atoms. The number of nitrogens with zero attached hydrogens (tertiary/aromatic N) is 1. The average molecular weight is 282 g/mol. The molecule has 0 aromatic carbocycles. The average Bonchev–Trinajstić information content (AvgIpc) is 3.20. The van der Waals surface area contributed by atoms with Crippen molar-refractivity contribution in [2.45, 2.75) is 45.6 Å². The van der Waals surface area contributed by atoms with Gasteiger partial charge in [0, 0.05) is 19.1 Å². The quantitative estimate of drug-likeness (QED) is 0.724. The van der Waals surface area contributed by atoms with E-state index in [0.717, 1.165) is 31.5 Å². The molecule has 20 heavy (non-hydrogen) atoms. The fourth-order valence-corrected chi connectivity index (χ4v) is 3.22. The molecule has 0 aromatic rings. The van der Waals surface area contributed by atoms with Crippen molar-refractivity contribution in [2.75, 3.05) is 33.3 Å². The van der Waals surface area contributed by atoms with E-state index in [1.807, 2.05) is 0 Å². The zero-order valence-corrected chi connectivity index (χ0v) is 13.2. The van der Waals surface area contributed by atoms with E-state index in [0.29, 0.717) is 18.5 Å². The second kappa shape index (κ2) is 7.41. The molecule has 1 heterocycles. The summed E-state index contributed by atoms with van der Waals surface area (Å²) in [6.45, 7) is 8.02. The van der Waals surface area contributed by atoms with Gasteiger partial charge in [-0.15, -0.1) is 0 Å². The van der Waals surface area contributed by atoms with Crippen LogP contribution in [0.1, 0.15) is 39.5 Å². The highest BCUT2D eigenvalue weighted by Gasteiger charge is 2.32. The maximum Gasteiger partial charge on any atom is 0.319 e. The molecule has 4 heteroatoms. The third kappa shape index (κ3) is 5.41. The van der Waals surface area contributed by atoms with Gasteiger partial charge in [-0.3, -0.25) is 9.69 Å². The Kier molecular flexibility index (Phi) is 5.85. The van der Waals surface area contributed by atoms with Gasteiger partial charge < -0.3 is 10.1 Å². The Hall–Kier alpha value is -0.610. The third-order valence-corrected chi connectivity index (χ3v) is 4.37. The number of ether oxygens (including phenoxy) is 1. The SMILES string of the molecule is COC(=O)CN1CC(CC2CC2)CC(NCC(C)C)C1. The van der Waals surface area contributed by atoms with Crippen LogP contribution in [0.4, 0.5) is 0 Å². The van der Waals surface area contributed by atoms with E-state index in [4.69, 9.17) is 4.74 Å². The normalized spacial score (nSPS) is 27.8. The van der Waals surface area contributed by atoms with Gasteiger partial charge in [-0.25, -0.2) is 0 Å². The molecule has 1 saturated heterocycles. The van der Waals surface area contributed by atoms with Crippen LogP contribution in [-0.2, 0) is 9.53 Å². The molecule has 2 aliphatic rings. The molecule has 116 valence electrons. The zero-order chi connectivity index (χ0) is 14.5. The van der Waals surface area contributed by atoms with Gasteiger partial charge in [-0.05, 0) is 37.1 Å². The summed E-state index contributed by atoms with van der Waals surface area (Å²) < 4.78 is 4.81. The number of carbonyl (C=O) groups excluding carboxylic acids is 1. The van der Waals surface area contributed by atoms with Gasteiger partial charge >= 0.3 is 5.97 Å². The first kappa shape index (κ1) is 15.8. The lowest BCUT2D eigenvalue weighted by Crippen LogP contribution is -2.51. The van der Waals surface area contributed by atoms with Crippen LogP contribution < -0.4 is 5.32 Å². The van der Waals surface area contributed by atoms with Crippen molar-refractivity contribution in [2.24, 2.45) is 17.8 Å². The number of likely N-dealkylation sites (tertiary alicyclic amines) is 1. The highest BCUT2D eigenvalue weighted by Crippen LogP contribution is 2.37. The lowest BCUT2D eigenvalue weighted by Gasteiger charge is -2.38. The fraction of sp³-hybridized carbons (Fsp3) is 0.938. The number of methoxy groups -OCH3 is 1. The van der Waals surface area contributed by atoms with Crippen LogP contribution in [0.25, 0.3) is 0 Å². The minimum Gasteiger partial charge on any atom is -0.468 e. The molecule has 0 amide bonds. The van der Waals surface area contributed by atoms with Crippen molar-refractivity contribution in [1.82, 2.24) is 10.2 Å². The molecule has 0 spiro atoms. The van der Waals surface area contributed by atoms with E-state index < -0.39 is 0 Å². The third-order valence-electron chi connectivity index (χ3n) is 4.37. The van der Waals surface area contributed by atoms with Gasteiger partial charge in [0.25, 0.3) is 0 Å². The lowest BCUT2D eigenvalue weighted by molar-refractivity contribution is -0.142. The number of rotatable bonds is 7. The highest BCUT2D eigenvalue weighted by atomic mass is 16.5. The molecular formula is C16H30N2O2. The molecule has 2 unspecified atom stereocenters. The maximum absolute atomic E-state index is 11.5. The van der Waals surface area contributed by atoms with Crippen molar-refractivity contribution in [1.29, 1.82) is 0 Å². The van der Waals surface area contributed by atoms with Crippen LogP contribution in [0.3, 0.4) is 0 Å². The molecule has 0 aromatic heterocycles. The molecule has 1 aliphatic heterocycles. The van der Waals surface area contributed by atoms with Gasteiger partial charge in [0.05, 0.1) is 13.7 Å². The van der Waals surface area contributed by atoms with Gasteiger partial charge in [-0.1, -0.05) is 26.7 Å². The van der Waals surface area contributed by atoms with E-state index in [9.17, 15) is 4.79 Å². The second-order valence-corrected chi connectivity index (χ2v) is 7.05. The standard InChI is InChI=1S/C16H30N2O2/c1-12(2)8-17-15-7-14(6-13-4-5-13)9-18(10-15)11-16(19)20-3/h12-15,17H,4-11H2,1-3H3. The predicted octanol–water partition coefficient (Wildman–Crippen LogP) is 1.90. The summed E-state index contributed by atoms with van der Waals surface area (Å²) in [4.78, 5) is 13.8. The minimum absolute atomic E-state index is 0.111. The number of esters is 1. The summed E-state index contributed by atoms with van der Waals surface area (Å²) in [7, 11) is 1.47. The van der Waals surface area contributed by atoms with E-state index in [-0.39, 0.29) is 5.97 Å². The number of hydrogen-bond acceptors (Lipinski definition) is 4. The molecule has 0 radical (unpaired) electrons. The van der Waals surface area contributed by atoms with Crippen LogP contribution in [0.15, 0.2) is 0 Å². The second-order valence-electron chi connectivity index (χ2n) is 7.05. The van der Waals surface area contributed by atoms with E-state index in [2.05, 4.69) is 24.1 Å². The number of hydrogen-bond donors (Lipinski definition) is 1. The molecule has 1 N–H and O–H groups in total. The van der Waals surface area contributed by atoms with Gasteiger partial charge in [0.2, 0.25) is 0 Å². The topological polar surface area (TPSA) is 41.6 Å². The Labute approximate surface area is 123 Å². The molecule has 2 fully saturated rings. The summed E-state index contributed by atoms with van der Waals surface area (Å²) >= 11 is 0. The highest BCUT2D eigenvalue weighted by molar-refractivity contribution is 5.71. The monoisotopic (exact) mass is 282 g/mol. The molecule has 1 aliphatic carbocycles. The van der Waals surface area contributed by atoms with E-state index in [1.165, 1.54) is 32.8 Å². The summed E-state index contributed by atoms with van der Waals surface area (Å²) in [5.74, 6) is 2.27. The molecule has 2 rings (SSSR count). The number of piperidine rings is 1. The first-order chi connectivity index (χ1) is 9.56. The summed E-state index contributed by atoms with van der Waals surface area (Å²) in [5.41, 5.74) is 0. The smallest absolute Gasteiger partial charge is 0.319 e. The Morgan fingerprint density at radius 3 is 2.65 bits per heavy atom. The van der Waals surface area contributed by atoms with Crippen molar-refractivity contribution in [3.8, 4) is 0 Å². The number of carbonyl (C=O) groups is 1. The van der Waals surface area contributed by atoms with E-state index >= 15 is 0 Å². The van der Waals surface area contributed by atoms with Gasteiger partial charge in [0.1, 0.15) is 0 Å². The van der Waals surface area contributed by atoms with Crippen LogP contribution in [-0.4, -0.2) is 50.2 Å². The fourth-order valence-electron chi connectivity index (χ4n) is 3.22. The van der Waals surface area contributed by atoms with Crippen molar-refractivity contribution in [3.63, 3.8) is 0 Å². The molecule has 4 nitrogen and oxygen atoms in total. The minimum atomic E-state index is -0.111. The first-order valence-electron chi connectivity index (χ1n) is 8.09. The molecular weight excluding hydrogens is 252 g/mol. The van der Waals surface area contributed by atoms with E-state index in [1.54, 1.807) is 0 Å². The Balaban J connectivity index is 1.85. The Morgan fingerprint density at radius 2 is 2.05 bits per heavy atom. The summed E-state index contributed by atoms with van der Waals surface area (Å²) in [5, 5.41) is 3.67. The van der Waals surface area contributed by atoms with Crippen molar-refractivity contribution < 1.29 is 9.53 Å². The molecule has 2 atom stereocenters. The van der Waals surface area contributed by atoms with Crippen LogP contribution in [0, 0.1) is 17.8 Å². The summed E-state index contributed by atoms with van der Waals surface area (Å²) in [6.07, 6.45) is 5.44. The predicted molar refractivity (Wildman–Crippen MR) is 80.5 cm³/mol. The summed E-state index contributed by atoms with van der Waals surface area (Å²) in [6, 6.07) is 0.527. The zero-order valence-electron chi connectivity index (χ0n) is 13.2. The van der Waals surface area contributed by atoms with Crippen LogP contribution in [0.5, 0.6) is 0 Å². The van der Waals surface area contributed by atoms with Gasteiger partial charge in [0.15, 0.2) is 0 Å². The van der Waals surface area contributed by atoms with Crippen molar-refractivity contribution in [3.05, 3.63) is 0 Å². The lowest BCUT2D eigenvalue weighted by atomic mass is 9.89. The maximum atomic E-state index is 11.5.